The summed E-state index contributed by atoms with van der Waals surface area (Å²) in [5.41, 5.74) is 2.06. The topological polar surface area (TPSA) is 65.1 Å². The van der Waals surface area contributed by atoms with Crippen LogP contribution in [-0.4, -0.2) is 28.1 Å². The minimum absolute atomic E-state index is 0.396. The molecule has 0 bridgehead atoms. The van der Waals surface area contributed by atoms with Gasteiger partial charge in [-0.1, -0.05) is 12.1 Å². The predicted octanol–water partition coefficient (Wildman–Crippen LogP) is 1.68. The van der Waals surface area contributed by atoms with Gasteiger partial charge < -0.3 is 14.5 Å². The van der Waals surface area contributed by atoms with E-state index in [1.54, 1.807) is 0 Å². The summed E-state index contributed by atoms with van der Waals surface area (Å²) in [6, 6.07) is 4.07. The van der Waals surface area contributed by atoms with E-state index in [1.807, 2.05) is 23.7 Å². The van der Waals surface area contributed by atoms with Crippen molar-refractivity contribution in [1.29, 1.82) is 0 Å². The van der Waals surface area contributed by atoms with Gasteiger partial charge in [-0.2, -0.15) is 0 Å². The van der Waals surface area contributed by atoms with Gasteiger partial charge in [0.05, 0.1) is 31.1 Å². The minimum atomic E-state index is 0.396. The molecule has 1 aliphatic heterocycles. The Labute approximate surface area is 124 Å². The van der Waals surface area contributed by atoms with Crippen molar-refractivity contribution >= 4 is 0 Å². The molecule has 0 amide bonds. The highest BCUT2D eigenvalue weighted by Gasteiger charge is 2.19. The summed E-state index contributed by atoms with van der Waals surface area (Å²) in [6.45, 7) is 7.89. The van der Waals surface area contributed by atoms with Crippen molar-refractivity contribution in [2.75, 3.05) is 13.2 Å². The highest BCUT2D eigenvalue weighted by Crippen LogP contribution is 2.14. The molecule has 2 aromatic heterocycles. The zero-order valence-electron chi connectivity index (χ0n) is 12.6. The first-order valence-corrected chi connectivity index (χ1v) is 7.51. The number of nitrogens with zero attached hydrogens (tertiary/aromatic N) is 3. The quantitative estimate of drug-likeness (QED) is 0.907. The van der Waals surface area contributed by atoms with Crippen molar-refractivity contribution in [3.8, 4) is 0 Å². The summed E-state index contributed by atoms with van der Waals surface area (Å²) < 4.78 is 13.4. The minimum Gasteiger partial charge on any atom is -0.465 e. The Morgan fingerprint density at radius 1 is 1.38 bits per heavy atom. The zero-order valence-corrected chi connectivity index (χ0v) is 12.6. The summed E-state index contributed by atoms with van der Waals surface area (Å²) in [7, 11) is 0. The fraction of sp³-hybridized carbons (Fsp3) is 0.600. The molecule has 0 saturated heterocycles. The lowest BCUT2D eigenvalue weighted by molar-refractivity contribution is 0.0934. The molecule has 6 nitrogen and oxygen atoms in total. The molecule has 3 heterocycles. The van der Waals surface area contributed by atoms with Crippen molar-refractivity contribution in [2.45, 2.75) is 40.0 Å². The Morgan fingerprint density at radius 2 is 2.24 bits per heavy atom. The molecular weight excluding hydrogens is 268 g/mol. The number of fused-ring (bicyclic) bond motifs is 1. The fourth-order valence-electron chi connectivity index (χ4n) is 2.60. The van der Waals surface area contributed by atoms with Gasteiger partial charge in [-0.3, -0.25) is 0 Å². The molecular formula is C15H22N4O2. The SMILES string of the molecule is CCc1ccc(CNC[C@@H]2COCc3c(C)nnn3C2)o1. The van der Waals surface area contributed by atoms with Crippen LogP contribution in [-0.2, 0) is 30.9 Å². The van der Waals surface area contributed by atoms with E-state index in [4.69, 9.17) is 9.15 Å². The largest absolute Gasteiger partial charge is 0.465 e. The average Bonchev–Trinajstić information content (AvgIpc) is 3.01. The summed E-state index contributed by atoms with van der Waals surface area (Å²) in [5.74, 6) is 2.42. The van der Waals surface area contributed by atoms with Crippen LogP contribution < -0.4 is 5.32 Å². The fourth-order valence-corrected chi connectivity index (χ4v) is 2.60. The number of ether oxygens (including phenoxy) is 1. The Morgan fingerprint density at radius 3 is 3.05 bits per heavy atom. The molecule has 1 aliphatic rings. The van der Waals surface area contributed by atoms with Gasteiger partial charge in [0.25, 0.3) is 0 Å². The van der Waals surface area contributed by atoms with Gasteiger partial charge in [0, 0.05) is 25.4 Å². The van der Waals surface area contributed by atoms with Crippen LogP contribution in [0.2, 0.25) is 0 Å². The van der Waals surface area contributed by atoms with E-state index in [0.29, 0.717) is 12.5 Å². The lowest BCUT2D eigenvalue weighted by Gasteiger charge is -2.14. The maximum absolute atomic E-state index is 5.73. The second-order valence-corrected chi connectivity index (χ2v) is 5.54. The van der Waals surface area contributed by atoms with Crippen molar-refractivity contribution in [3.05, 3.63) is 35.0 Å². The lowest BCUT2D eigenvalue weighted by atomic mass is 10.1. The van der Waals surface area contributed by atoms with Crippen molar-refractivity contribution in [2.24, 2.45) is 5.92 Å². The Kier molecular flexibility index (Phi) is 4.36. The molecule has 0 aliphatic carbocycles. The molecule has 0 unspecified atom stereocenters. The Balaban J connectivity index is 1.51. The molecule has 114 valence electrons. The van der Waals surface area contributed by atoms with Gasteiger partial charge in [0.1, 0.15) is 11.5 Å². The molecule has 0 fully saturated rings. The van der Waals surface area contributed by atoms with E-state index in [0.717, 1.165) is 55.6 Å². The van der Waals surface area contributed by atoms with Crippen LogP contribution in [0.1, 0.15) is 29.8 Å². The van der Waals surface area contributed by atoms with Crippen molar-refractivity contribution in [3.63, 3.8) is 0 Å². The van der Waals surface area contributed by atoms with Gasteiger partial charge in [-0.05, 0) is 19.1 Å². The first-order chi connectivity index (χ1) is 10.3. The normalized spacial score (nSPS) is 18.5. The molecule has 21 heavy (non-hydrogen) atoms. The van der Waals surface area contributed by atoms with E-state index in [9.17, 15) is 0 Å². The van der Waals surface area contributed by atoms with Crippen LogP contribution >= 0.6 is 0 Å². The van der Waals surface area contributed by atoms with Gasteiger partial charge in [-0.15, -0.1) is 5.10 Å². The molecule has 3 rings (SSSR count). The highest BCUT2D eigenvalue weighted by molar-refractivity contribution is 5.08. The Hall–Kier alpha value is -1.66. The second-order valence-electron chi connectivity index (χ2n) is 5.54. The standard InChI is InChI=1S/C15H22N4O2/c1-3-13-4-5-14(21-13)7-16-6-12-8-19-15(10-20-9-12)11(2)17-18-19/h4-5,12,16H,3,6-10H2,1-2H3/t12-/m0/s1. The van der Waals surface area contributed by atoms with Crippen molar-refractivity contribution in [1.82, 2.24) is 20.3 Å². The summed E-state index contributed by atoms with van der Waals surface area (Å²) in [6.07, 6.45) is 0.935. The molecule has 6 heteroatoms. The number of aryl methyl sites for hydroxylation is 2. The molecule has 1 atom stereocenters. The van der Waals surface area contributed by atoms with Gasteiger partial charge >= 0.3 is 0 Å². The summed E-state index contributed by atoms with van der Waals surface area (Å²) in [5, 5.41) is 11.7. The molecule has 1 N–H and O–H groups in total. The maximum Gasteiger partial charge on any atom is 0.117 e. The van der Waals surface area contributed by atoms with Gasteiger partial charge in [-0.25, -0.2) is 4.68 Å². The lowest BCUT2D eigenvalue weighted by Crippen LogP contribution is -2.28. The number of furan rings is 1. The van der Waals surface area contributed by atoms with Crippen LogP contribution in [0, 0.1) is 12.8 Å². The first kappa shape index (κ1) is 14.3. The van der Waals surface area contributed by atoms with Crippen molar-refractivity contribution < 1.29 is 9.15 Å². The van der Waals surface area contributed by atoms with Crippen LogP contribution in [0.4, 0.5) is 0 Å². The van der Waals surface area contributed by atoms with Crippen LogP contribution in [0.5, 0.6) is 0 Å². The third kappa shape index (κ3) is 3.33. The Bertz CT molecular complexity index is 590. The third-order valence-corrected chi connectivity index (χ3v) is 3.85. The monoisotopic (exact) mass is 290 g/mol. The van der Waals surface area contributed by atoms with E-state index in [1.165, 1.54) is 0 Å². The van der Waals surface area contributed by atoms with Crippen LogP contribution in [0.25, 0.3) is 0 Å². The van der Waals surface area contributed by atoms with E-state index < -0.39 is 0 Å². The predicted molar refractivity (Wildman–Crippen MR) is 77.7 cm³/mol. The number of nitrogens with one attached hydrogen (secondary N) is 1. The zero-order chi connectivity index (χ0) is 14.7. The summed E-state index contributed by atoms with van der Waals surface area (Å²) >= 11 is 0. The van der Waals surface area contributed by atoms with Gasteiger partial charge in [0.2, 0.25) is 0 Å². The second kappa shape index (κ2) is 6.41. The van der Waals surface area contributed by atoms with Crippen LogP contribution in [0.3, 0.4) is 0 Å². The molecule has 0 spiro atoms. The average molecular weight is 290 g/mol. The van der Waals surface area contributed by atoms with E-state index in [2.05, 4.69) is 22.6 Å². The van der Waals surface area contributed by atoms with Crippen LogP contribution in [0.15, 0.2) is 16.5 Å². The first-order valence-electron chi connectivity index (χ1n) is 7.51. The highest BCUT2D eigenvalue weighted by atomic mass is 16.5. The van der Waals surface area contributed by atoms with E-state index in [-0.39, 0.29) is 0 Å². The number of rotatable bonds is 5. The molecule has 0 aromatic carbocycles. The molecule has 2 aromatic rings. The molecule has 0 radical (unpaired) electrons. The number of aromatic nitrogens is 3. The van der Waals surface area contributed by atoms with E-state index >= 15 is 0 Å². The smallest absolute Gasteiger partial charge is 0.117 e. The maximum atomic E-state index is 5.73. The number of hydrogen-bond acceptors (Lipinski definition) is 5. The van der Waals surface area contributed by atoms with Gasteiger partial charge in [0.15, 0.2) is 0 Å². The third-order valence-electron chi connectivity index (χ3n) is 3.85. The molecule has 0 saturated carbocycles. The number of hydrogen-bond donors (Lipinski definition) is 1. The summed E-state index contributed by atoms with van der Waals surface area (Å²) in [4.78, 5) is 0.